The van der Waals surface area contributed by atoms with Gasteiger partial charge in [0.2, 0.25) is 0 Å². The molecule has 90 valence electrons. The summed E-state index contributed by atoms with van der Waals surface area (Å²) < 4.78 is 0. The number of hydrogen-bond acceptors (Lipinski definition) is 2. The summed E-state index contributed by atoms with van der Waals surface area (Å²) in [6, 6.07) is 7.49. The van der Waals surface area contributed by atoms with E-state index in [0.29, 0.717) is 11.4 Å². The second kappa shape index (κ2) is 4.53. The molecule has 0 saturated heterocycles. The number of carbonyl (C=O) groups excluding carboxylic acids is 1. The van der Waals surface area contributed by atoms with Gasteiger partial charge in [0.15, 0.2) is 5.78 Å². The van der Waals surface area contributed by atoms with Crippen LogP contribution in [0.15, 0.2) is 36.0 Å². The zero-order valence-electron chi connectivity index (χ0n) is 10.1. The van der Waals surface area contributed by atoms with Crippen LogP contribution in [-0.4, -0.2) is 5.78 Å². The number of carbonyl (C=O) groups is 1. The van der Waals surface area contributed by atoms with Crippen molar-refractivity contribution in [3.8, 4) is 0 Å². The van der Waals surface area contributed by atoms with Gasteiger partial charge in [-0.15, -0.1) is 0 Å². The van der Waals surface area contributed by atoms with Gasteiger partial charge in [-0.05, 0) is 36.1 Å². The molecule has 0 radical (unpaired) electrons. The lowest BCUT2D eigenvalue weighted by atomic mass is 9.79. The molecule has 2 nitrogen and oxygen atoms in total. The number of nitrogens with one attached hydrogen (secondary N) is 1. The lowest BCUT2D eigenvalue weighted by Crippen LogP contribution is -2.24. The van der Waals surface area contributed by atoms with Gasteiger partial charge in [-0.2, -0.15) is 0 Å². The number of hydrogen-bond donors (Lipinski definition) is 1. The maximum Gasteiger partial charge on any atom is 0.157 e. The summed E-state index contributed by atoms with van der Waals surface area (Å²) in [6.45, 7) is 4.23. The van der Waals surface area contributed by atoms with E-state index in [1.54, 1.807) is 6.08 Å². The number of benzene rings is 1. The summed E-state index contributed by atoms with van der Waals surface area (Å²) in [7, 11) is 0. The van der Waals surface area contributed by atoms with E-state index in [1.165, 1.54) is 0 Å². The number of allylic oxidation sites excluding steroid dienone is 2. The van der Waals surface area contributed by atoms with Crippen LogP contribution in [0.1, 0.15) is 26.7 Å². The van der Waals surface area contributed by atoms with E-state index in [1.807, 2.05) is 24.3 Å². The summed E-state index contributed by atoms with van der Waals surface area (Å²) in [5.74, 6) is 0.192. The van der Waals surface area contributed by atoms with Crippen LogP contribution in [-0.2, 0) is 4.79 Å². The predicted molar refractivity (Wildman–Crippen MR) is 71.2 cm³/mol. The van der Waals surface area contributed by atoms with E-state index in [2.05, 4.69) is 19.2 Å². The van der Waals surface area contributed by atoms with Crippen molar-refractivity contribution in [3.05, 3.63) is 41.1 Å². The number of ketones is 1. The molecule has 1 aromatic rings. The van der Waals surface area contributed by atoms with Gasteiger partial charge < -0.3 is 5.32 Å². The first-order valence-corrected chi connectivity index (χ1v) is 6.08. The fraction of sp³-hybridized carbons (Fsp3) is 0.357. The minimum atomic E-state index is 0.0423. The van der Waals surface area contributed by atoms with Gasteiger partial charge in [0.25, 0.3) is 0 Å². The smallest absolute Gasteiger partial charge is 0.157 e. The largest absolute Gasteiger partial charge is 0.359 e. The van der Waals surface area contributed by atoms with Gasteiger partial charge in [-0.1, -0.05) is 25.4 Å². The third-order valence-corrected chi connectivity index (χ3v) is 3.06. The molecule has 1 aromatic carbocycles. The molecule has 1 aliphatic carbocycles. The highest BCUT2D eigenvalue weighted by atomic mass is 35.5. The average molecular weight is 250 g/mol. The number of anilines is 1. The summed E-state index contributed by atoms with van der Waals surface area (Å²) in [5.41, 5.74) is 1.99. The van der Waals surface area contributed by atoms with E-state index < -0.39 is 0 Å². The van der Waals surface area contributed by atoms with Gasteiger partial charge in [-0.3, -0.25) is 4.79 Å². The van der Waals surface area contributed by atoms with E-state index in [9.17, 15) is 4.79 Å². The zero-order valence-corrected chi connectivity index (χ0v) is 10.8. The Morgan fingerprint density at radius 3 is 2.41 bits per heavy atom. The van der Waals surface area contributed by atoms with Crippen LogP contribution >= 0.6 is 11.6 Å². The molecule has 0 aliphatic heterocycles. The second-order valence-electron chi connectivity index (χ2n) is 5.29. The first-order valence-electron chi connectivity index (χ1n) is 5.71. The Bertz CT molecular complexity index is 460. The topological polar surface area (TPSA) is 29.1 Å². The minimum absolute atomic E-state index is 0.0423. The lowest BCUT2D eigenvalue weighted by Gasteiger charge is -2.29. The molecule has 0 aromatic heterocycles. The van der Waals surface area contributed by atoms with Crippen LogP contribution < -0.4 is 5.32 Å². The Balaban J connectivity index is 2.13. The number of rotatable bonds is 2. The molecule has 1 N–H and O–H groups in total. The average Bonchev–Trinajstić information content (AvgIpc) is 2.18. The summed E-state index contributed by atoms with van der Waals surface area (Å²) in [6.07, 6.45) is 3.22. The molecule has 0 spiro atoms. The van der Waals surface area contributed by atoms with Crippen LogP contribution in [0, 0.1) is 5.41 Å². The van der Waals surface area contributed by atoms with Crippen molar-refractivity contribution < 1.29 is 4.79 Å². The minimum Gasteiger partial charge on any atom is -0.359 e. The molecule has 2 rings (SSSR count). The van der Waals surface area contributed by atoms with Crippen molar-refractivity contribution >= 4 is 23.1 Å². The monoisotopic (exact) mass is 249 g/mol. The van der Waals surface area contributed by atoms with E-state index in [0.717, 1.165) is 17.8 Å². The Morgan fingerprint density at radius 1 is 1.18 bits per heavy atom. The summed E-state index contributed by atoms with van der Waals surface area (Å²) in [5, 5.41) is 3.99. The first-order chi connectivity index (χ1) is 7.94. The standard InChI is InChI=1S/C14H16ClNO/c1-14(2)8-12(7-13(17)9-14)16-11-5-3-10(15)4-6-11/h3-7,16H,8-9H2,1-2H3. The molecule has 0 bridgehead atoms. The fourth-order valence-electron chi connectivity index (χ4n) is 2.15. The van der Waals surface area contributed by atoms with Crippen molar-refractivity contribution in [1.29, 1.82) is 0 Å². The Labute approximate surface area is 107 Å². The second-order valence-corrected chi connectivity index (χ2v) is 5.72. The highest BCUT2D eigenvalue weighted by molar-refractivity contribution is 6.30. The fourth-order valence-corrected chi connectivity index (χ4v) is 2.27. The van der Waals surface area contributed by atoms with Gasteiger partial charge in [0, 0.05) is 28.9 Å². The van der Waals surface area contributed by atoms with E-state index in [-0.39, 0.29) is 11.2 Å². The normalized spacial score (nSPS) is 18.8. The molecule has 0 atom stereocenters. The van der Waals surface area contributed by atoms with Gasteiger partial charge in [-0.25, -0.2) is 0 Å². The zero-order chi connectivity index (χ0) is 12.5. The maximum absolute atomic E-state index is 11.6. The quantitative estimate of drug-likeness (QED) is 0.858. The summed E-state index contributed by atoms with van der Waals surface area (Å²) in [4.78, 5) is 11.6. The third-order valence-electron chi connectivity index (χ3n) is 2.81. The highest BCUT2D eigenvalue weighted by Gasteiger charge is 2.27. The van der Waals surface area contributed by atoms with Gasteiger partial charge in [0.05, 0.1) is 0 Å². The molecule has 0 saturated carbocycles. The molecule has 0 amide bonds. The third kappa shape index (κ3) is 3.34. The van der Waals surface area contributed by atoms with Crippen molar-refractivity contribution in [2.75, 3.05) is 5.32 Å². The number of halogens is 1. The molecule has 17 heavy (non-hydrogen) atoms. The predicted octanol–water partition coefficient (Wildman–Crippen LogP) is 4.02. The molecular formula is C14H16ClNO. The van der Waals surface area contributed by atoms with Crippen molar-refractivity contribution in [3.63, 3.8) is 0 Å². The molecule has 0 heterocycles. The SMILES string of the molecule is CC1(C)CC(=O)C=C(Nc2ccc(Cl)cc2)C1. The Hall–Kier alpha value is -1.28. The Kier molecular flexibility index (Phi) is 3.25. The van der Waals surface area contributed by atoms with E-state index in [4.69, 9.17) is 11.6 Å². The first kappa shape index (κ1) is 12.2. The van der Waals surface area contributed by atoms with Crippen LogP contribution in [0.4, 0.5) is 5.69 Å². The van der Waals surface area contributed by atoms with Gasteiger partial charge >= 0.3 is 0 Å². The highest BCUT2D eigenvalue weighted by Crippen LogP contribution is 2.34. The lowest BCUT2D eigenvalue weighted by molar-refractivity contribution is -0.117. The van der Waals surface area contributed by atoms with E-state index >= 15 is 0 Å². The van der Waals surface area contributed by atoms with Crippen LogP contribution in [0.3, 0.4) is 0 Å². The van der Waals surface area contributed by atoms with Crippen LogP contribution in [0.5, 0.6) is 0 Å². The molecule has 0 unspecified atom stereocenters. The Morgan fingerprint density at radius 2 is 1.82 bits per heavy atom. The van der Waals surface area contributed by atoms with Crippen LogP contribution in [0.2, 0.25) is 5.02 Å². The van der Waals surface area contributed by atoms with Crippen molar-refractivity contribution in [2.45, 2.75) is 26.7 Å². The molecular weight excluding hydrogens is 234 g/mol. The van der Waals surface area contributed by atoms with Crippen molar-refractivity contribution in [1.82, 2.24) is 0 Å². The molecule has 0 fully saturated rings. The molecule has 1 aliphatic rings. The maximum atomic E-state index is 11.6. The van der Waals surface area contributed by atoms with Gasteiger partial charge in [0.1, 0.15) is 0 Å². The summed E-state index contributed by atoms with van der Waals surface area (Å²) >= 11 is 5.83. The van der Waals surface area contributed by atoms with Crippen LogP contribution in [0.25, 0.3) is 0 Å². The molecule has 3 heteroatoms. The van der Waals surface area contributed by atoms with Crippen molar-refractivity contribution in [2.24, 2.45) is 5.41 Å².